The quantitative estimate of drug-likeness (QED) is 0.777. The van der Waals surface area contributed by atoms with Gasteiger partial charge in [-0.15, -0.1) is 6.42 Å². The van der Waals surface area contributed by atoms with E-state index in [1.807, 2.05) is 0 Å². The lowest BCUT2D eigenvalue weighted by Gasteiger charge is -2.24. The van der Waals surface area contributed by atoms with Crippen LogP contribution in [0.15, 0.2) is 18.2 Å². The van der Waals surface area contributed by atoms with E-state index in [4.69, 9.17) is 15.9 Å². The summed E-state index contributed by atoms with van der Waals surface area (Å²) in [6.07, 6.45) is 0.361. The number of ether oxygens (including phenoxy) is 2. The SMILES string of the molecule is C#Cc1cc(CN(C)C(=O)OC(C)(C)C)ccc1OCC(F)(F)F. The summed E-state index contributed by atoms with van der Waals surface area (Å²) in [6, 6.07) is 4.42. The average Bonchev–Trinajstić information content (AvgIpc) is 2.42. The van der Waals surface area contributed by atoms with Crippen molar-refractivity contribution in [3.05, 3.63) is 29.3 Å². The first-order chi connectivity index (χ1) is 10.9. The van der Waals surface area contributed by atoms with Crippen LogP contribution in [0, 0.1) is 12.3 Å². The van der Waals surface area contributed by atoms with Crippen molar-refractivity contribution in [2.45, 2.75) is 39.1 Å². The molecule has 0 aromatic heterocycles. The number of terminal acetylenes is 1. The Morgan fingerprint density at radius 1 is 1.29 bits per heavy atom. The Labute approximate surface area is 139 Å². The van der Waals surface area contributed by atoms with Crippen LogP contribution < -0.4 is 4.74 Å². The van der Waals surface area contributed by atoms with Crippen molar-refractivity contribution >= 4 is 6.09 Å². The van der Waals surface area contributed by atoms with Crippen molar-refractivity contribution in [2.75, 3.05) is 13.7 Å². The molecule has 7 heteroatoms. The summed E-state index contributed by atoms with van der Waals surface area (Å²) < 4.78 is 46.6. The second-order valence-electron chi connectivity index (χ2n) is 6.22. The van der Waals surface area contributed by atoms with Gasteiger partial charge in [-0.2, -0.15) is 13.2 Å². The van der Waals surface area contributed by atoms with E-state index in [-0.39, 0.29) is 17.9 Å². The Kier molecular flexibility index (Phi) is 6.13. The molecule has 1 amide bonds. The zero-order chi connectivity index (χ0) is 18.5. The topological polar surface area (TPSA) is 38.8 Å². The van der Waals surface area contributed by atoms with Crippen molar-refractivity contribution in [3.63, 3.8) is 0 Å². The molecule has 1 aromatic carbocycles. The lowest BCUT2D eigenvalue weighted by molar-refractivity contribution is -0.153. The predicted molar refractivity (Wildman–Crippen MR) is 83.6 cm³/mol. The van der Waals surface area contributed by atoms with Crippen LogP contribution in [0.5, 0.6) is 5.75 Å². The first-order valence-electron chi connectivity index (χ1n) is 7.14. The third-order valence-corrected chi connectivity index (χ3v) is 2.72. The van der Waals surface area contributed by atoms with Crippen LogP contribution in [0.2, 0.25) is 0 Å². The Morgan fingerprint density at radius 2 is 1.92 bits per heavy atom. The van der Waals surface area contributed by atoms with E-state index in [1.165, 1.54) is 17.0 Å². The molecule has 4 nitrogen and oxygen atoms in total. The number of halogens is 3. The van der Waals surface area contributed by atoms with Gasteiger partial charge in [-0.1, -0.05) is 12.0 Å². The fourth-order valence-corrected chi connectivity index (χ4v) is 1.75. The first-order valence-corrected chi connectivity index (χ1v) is 7.14. The smallest absolute Gasteiger partial charge is 0.422 e. The maximum atomic E-state index is 12.2. The molecule has 0 N–H and O–H groups in total. The van der Waals surface area contributed by atoms with Crippen molar-refractivity contribution in [3.8, 4) is 18.1 Å². The van der Waals surface area contributed by atoms with E-state index in [9.17, 15) is 18.0 Å². The molecule has 0 atom stereocenters. The van der Waals surface area contributed by atoms with Gasteiger partial charge in [-0.25, -0.2) is 4.79 Å². The third kappa shape index (κ3) is 6.82. The molecule has 1 aromatic rings. The molecule has 0 heterocycles. The number of hydrogen-bond acceptors (Lipinski definition) is 3. The zero-order valence-electron chi connectivity index (χ0n) is 14.0. The highest BCUT2D eigenvalue weighted by Gasteiger charge is 2.28. The molecule has 0 aliphatic rings. The van der Waals surface area contributed by atoms with Gasteiger partial charge < -0.3 is 14.4 Å². The van der Waals surface area contributed by atoms with E-state index in [0.717, 1.165) is 0 Å². The average molecular weight is 343 g/mol. The van der Waals surface area contributed by atoms with E-state index < -0.39 is 24.5 Å². The summed E-state index contributed by atoms with van der Waals surface area (Å²) in [5, 5.41) is 0. The molecule has 0 radical (unpaired) electrons. The van der Waals surface area contributed by atoms with Gasteiger partial charge in [0.1, 0.15) is 11.4 Å². The molecule has 0 fully saturated rings. The van der Waals surface area contributed by atoms with Gasteiger partial charge in [0.15, 0.2) is 6.61 Å². The number of carbonyl (C=O) groups excluding carboxylic acids is 1. The van der Waals surface area contributed by atoms with Gasteiger partial charge in [-0.3, -0.25) is 0 Å². The minimum absolute atomic E-state index is 0.0292. The monoisotopic (exact) mass is 343 g/mol. The van der Waals surface area contributed by atoms with Gasteiger partial charge in [0, 0.05) is 13.6 Å². The zero-order valence-corrected chi connectivity index (χ0v) is 14.0. The Bertz CT molecular complexity index is 627. The van der Waals surface area contributed by atoms with Crippen molar-refractivity contribution in [2.24, 2.45) is 0 Å². The van der Waals surface area contributed by atoms with Crippen LogP contribution in [0.1, 0.15) is 31.9 Å². The molecule has 0 aliphatic carbocycles. The van der Waals surface area contributed by atoms with Crippen LogP contribution in [0.3, 0.4) is 0 Å². The van der Waals surface area contributed by atoms with Gasteiger partial charge in [-0.05, 0) is 38.5 Å². The van der Waals surface area contributed by atoms with Crippen molar-refractivity contribution in [1.29, 1.82) is 0 Å². The Balaban J connectivity index is 2.81. The van der Waals surface area contributed by atoms with Crippen LogP contribution in [-0.4, -0.2) is 36.4 Å². The summed E-state index contributed by atoms with van der Waals surface area (Å²) >= 11 is 0. The first kappa shape index (κ1) is 19.7. The second-order valence-corrected chi connectivity index (χ2v) is 6.22. The predicted octanol–water partition coefficient (Wildman–Crippen LogP) is 3.98. The van der Waals surface area contributed by atoms with Gasteiger partial charge >= 0.3 is 12.3 Å². The van der Waals surface area contributed by atoms with Crippen molar-refractivity contribution < 1.29 is 27.4 Å². The summed E-state index contributed by atoms with van der Waals surface area (Å²) in [4.78, 5) is 13.3. The molecular formula is C17H20F3NO3. The molecule has 0 bridgehead atoms. The van der Waals surface area contributed by atoms with E-state index in [2.05, 4.69) is 5.92 Å². The standard InChI is InChI=1S/C17H20F3NO3/c1-6-13-9-12(7-8-14(13)23-11-17(18,19)20)10-21(5)15(22)24-16(2,3)4/h1,7-9H,10-11H2,2-5H3. The second kappa shape index (κ2) is 7.47. The minimum Gasteiger partial charge on any atom is -0.483 e. The lowest BCUT2D eigenvalue weighted by atomic mass is 10.1. The summed E-state index contributed by atoms with van der Waals surface area (Å²) in [6.45, 7) is 4.04. The number of nitrogens with zero attached hydrogens (tertiary/aromatic N) is 1. The fourth-order valence-electron chi connectivity index (χ4n) is 1.75. The molecular weight excluding hydrogens is 323 g/mol. The van der Waals surface area contributed by atoms with Crippen LogP contribution in [0.4, 0.5) is 18.0 Å². The molecule has 0 aliphatic heterocycles. The van der Waals surface area contributed by atoms with Gasteiger partial charge in [0.05, 0.1) is 5.56 Å². The highest BCUT2D eigenvalue weighted by atomic mass is 19.4. The van der Waals surface area contributed by atoms with Crippen LogP contribution in [0.25, 0.3) is 0 Å². The summed E-state index contributed by atoms with van der Waals surface area (Å²) in [5.41, 5.74) is 0.218. The number of carbonyl (C=O) groups is 1. The number of amides is 1. The van der Waals surface area contributed by atoms with E-state index in [1.54, 1.807) is 33.9 Å². The number of benzene rings is 1. The van der Waals surface area contributed by atoms with Crippen LogP contribution >= 0.6 is 0 Å². The minimum atomic E-state index is -4.44. The number of hydrogen-bond donors (Lipinski definition) is 0. The highest BCUT2D eigenvalue weighted by Crippen LogP contribution is 2.23. The summed E-state index contributed by atoms with van der Waals surface area (Å²) in [5.74, 6) is 2.26. The number of alkyl halides is 3. The molecule has 0 saturated heterocycles. The third-order valence-electron chi connectivity index (χ3n) is 2.72. The Hall–Kier alpha value is -2.36. The lowest BCUT2D eigenvalue weighted by Crippen LogP contribution is -2.33. The molecule has 0 saturated carbocycles. The molecule has 0 unspecified atom stereocenters. The van der Waals surface area contributed by atoms with Gasteiger partial charge in [0.25, 0.3) is 0 Å². The normalized spacial score (nSPS) is 11.6. The van der Waals surface area contributed by atoms with E-state index in [0.29, 0.717) is 5.56 Å². The summed E-state index contributed by atoms with van der Waals surface area (Å²) in [7, 11) is 1.55. The van der Waals surface area contributed by atoms with Gasteiger partial charge in [0.2, 0.25) is 0 Å². The maximum absolute atomic E-state index is 12.2. The molecule has 1 rings (SSSR count). The largest absolute Gasteiger partial charge is 0.483 e. The van der Waals surface area contributed by atoms with E-state index >= 15 is 0 Å². The molecule has 24 heavy (non-hydrogen) atoms. The Morgan fingerprint density at radius 3 is 2.42 bits per heavy atom. The highest BCUT2D eigenvalue weighted by molar-refractivity contribution is 5.67. The van der Waals surface area contributed by atoms with Crippen LogP contribution in [-0.2, 0) is 11.3 Å². The molecule has 0 spiro atoms. The fraction of sp³-hybridized carbons (Fsp3) is 0.471. The molecule has 132 valence electrons. The van der Waals surface area contributed by atoms with Crippen molar-refractivity contribution in [1.82, 2.24) is 4.90 Å². The maximum Gasteiger partial charge on any atom is 0.422 e. The number of rotatable bonds is 4.